The van der Waals surface area contributed by atoms with Crippen molar-refractivity contribution >= 4 is 27.5 Å². The molecule has 0 spiro atoms. The summed E-state index contributed by atoms with van der Waals surface area (Å²) in [6.07, 6.45) is 5.27. The van der Waals surface area contributed by atoms with Crippen LogP contribution in [0.5, 0.6) is 0 Å². The van der Waals surface area contributed by atoms with Crippen molar-refractivity contribution in [3.8, 4) is 11.4 Å². The fraction of sp³-hybridized carbons (Fsp3) is 0.333. The van der Waals surface area contributed by atoms with Crippen molar-refractivity contribution < 1.29 is 4.39 Å². The van der Waals surface area contributed by atoms with Gasteiger partial charge in [0, 0.05) is 21.3 Å². The monoisotopic (exact) mass is 354 g/mol. The lowest BCUT2D eigenvalue weighted by Gasteiger charge is -2.10. The highest BCUT2D eigenvalue weighted by Crippen LogP contribution is 2.31. The Balaban J connectivity index is 2.13. The standard InChI is InChI=1S/C15H13BrClFN2/c16-12-7-6-9(18)8-11(12)15-19-13-5-3-1-2-4-10(13)14(17)20-15/h6-8H,1-5H2. The van der Waals surface area contributed by atoms with Gasteiger partial charge in [-0.25, -0.2) is 14.4 Å². The number of aromatic nitrogens is 2. The fourth-order valence-electron chi connectivity index (χ4n) is 2.51. The molecule has 0 fully saturated rings. The van der Waals surface area contributed by atoms with Crippen molar-refractivity contribution in [2.24, 2.45) is 0 Å². The van der Waals surface area contributed by atoms with Crippen LogP contribution >= 0.6 is 27.5 Å². The minimum atomic E-state index is -0.308. The molecule has 104 valence electrons. The molecule has 2 aromatic rings. The first-order valence-corrected chi connectivity index (χ1v) is 7.83. The van der Waals surface area contributed by atoms with E-state index in [1.165, 1.54) is 18.6 Å². The summed E-state index contributed by atoms with van der Waals surface area (Å²) in [4.78, 5) is 8.97. The number of benzene rings is 1. The van der Waals surface area contributed by atoms with Crippen molar-refractivity contribution in [3.63, 3.8) is 0 Å². The van der Waals surface area contributed by atoms with Crippen LogP contribution in [-0.2, 0) is 12.8 Å². The zero-order chi connectivity index (χ0) is 14.1. The molecule has 1 heterocycles. The van der Waals surface area contributed by atoms with E-state index in [0.717, 1.165) is 41.4 Å². The van der Waals surface area contributed by atoms with E-state index in [4.69, 9.17) is 11.6 Å². The highest BCUT2D eigenvalue weighted by atomic mass is 79.9. The smallest absolute Gasteiger partial charge is 0.162 e. The maximum atomic E-state index is 13.4. The second kappa shape index (κ2) is 5.78. The molecule has 0 saturated heterocycles. The molecule has 5 heteroatoms. The summed E-state index contributed by atoms with van der Waals surface area (Å²) in [6.45, 7) is 0. The highest BCUT2D eigenvalue weighted by Gasteiger charge is 2.17. The van der Waals surface area contributed by atoms with Gasteiger partial charge in [-0.1, -0.05) is 34.0 Å². The second-order valence-electron chi connectivity index (χ2n) is 4.95. The summed E-state index contributed by atoms with van der Waals surface area (Å²) >= 11 is 9.72. The van der Waals surface area contributed by atoms with Crippen LogP contribution in [0.25, 0.3) is 11.4 Å². The van der Waals surface area contributed by atoms with Crippen molar-refractivity contribution in [2.45, 2.75) is 32.1 Å². The largest absolute Gasteiger partial charge is 0.233 e. The van der Waals surface area contributed by atoms with E-state index in [1.54, 1.807) is 6.07 Å². The molecule has 1 aliphatic carbocycles. The first-order valence-electron chi connectivity index (χ1n) is 6.66. The van der Waals surface area contributed by atoms with E-state index < -0.39 is 0 Å². The summed E-state index contributed by atoms with van der Waals surface area (Å²) in [5, 5.41) is 0.503. The van der Waals surface area contributed by atoms with Gasteiger partial charge in [-0.15, -0.1) is 0 Å². The van der Waals surface area contributed by atoms with Gasteiger partial charge in [0.25, 0.3) is 0 Å². The molecule has 0 amide bonds. The van der Waals surface area contributed by atoms with Crippen LogP contribution in [0.1, 0.15) is 30.5 Å². The number of hydrogen-bond acceptors (Lipinski definition) is 2. The number of rotatable bonds is 1. The van der Waals surface area contributed by atoms with Crippen LogP contribution in [0.2, 0.25) is 5.15 Å². The zero-order valence-corrected chi connectivity index (χ0v) is 13.1. The summed E-state index contributed by atoms with van der Waals surface area (Å²) in [7, 11) is 0. The number of aryl methyl sites for hydroxylation is 1. The Hall–Kier alpha value is -1.00. The lowest BCUT2D eigenvalue weighted by molar-refractivity contribution is 0.628. The lowest BCUT2D eigenvalue weighted by Crippen LogP contribution is -2.02. The molecule has 0 saturated carbocycles. The van der Waals surface area contributed by atoms with Gasteiger partial charge >= 0.3 is 0 Å². The van der Waals surface area contributed by atoms with Gasteiger partial charge in [0.05, 0.1) is 0 Å². The Morgan fingerprint density at radius 1 is 1.10 bits per heavy atom. The average Bonchev–Trinajstić information content (AvgIpc) is 2.67. The summed E-state index contributed by atoms with van der Waals surface area (Å²) in [5.41, 5.74) is 2.70. The Morgan fingerprint density at radius 3 is 2.75 bits per heavy atom. The molecule has 0 bridgehead atoms. The second-order valence-corrected chi connectivity index (χ2v) is 6.16. The number of halogens is 3. The summed E-state index contributed by atoms with van der Waals surface area (Å²) in [6, 6.07) is 4.49. The molecule has 1 aliphatic rings. The van der Waals surface area contributed by atoms with Crippen molar-refractivity contribution in [1.82, 2.24) is 9.97 Å². The van der Waals surface area contributed by atoms with E-state index >= 15 is 0 Å². The van der Waals surface area contributed by atoms with Gasteiger partial charge in [-0.2, -0.15) is 0 Å². The van der Waals surface area contributed by atoms with Gasteiger partial charge in [0.15, 0.2) is 5.82 Å². The molecule has 0 aliphatic heterocycles. The normalized spacial score (nSPS) is 14.8. The molecule has 1 aromatic heterocycles. The molecule has 2 nitrogen and oxygen atoms in total. The third-order valence-electron chi connectivity index (χ3n) is 3.55. The van der Waals surface area contributed by atoms with Crippen LogP contribution in [0.15, 0.2) is 22.7 Å². The molecular formula is C15H13BrClFN2. The number of hydrogen-bond donors (Lipinski definition) is 0. The van der Waals surface area contributed by atoms with Gasteiger partial charge in [0.1, 0.15) is 11.0 Å². The van der Waals surface area contributed by atoms with Gasteiger partial charge in [0.2, 0.25) is 0 Å². The van der Waals surface area contributed by atoms with Crippen molar-refractivity contribution in [3.05, 3.63) is 44.9 Å². The third kappa shape index (κ3) is 2.72. The Morgan fingerprint density at radius 2 is 1.90 bits per heavy atom. The predicted molar refractivity (Wildman–Crippen MR) is 81.4 cm³/mol. The maximum absolute atomic E-state index is 13.4. The number of nitrogens with zero attached hydrogens (tertiary/aromatic N) is 2. The van der Waals surface area contributed by atoms with E-state index in [-0.39, 0.29) is 5.82 Å². The quantitative estimate of drug-likeness (QED) is 0.533. The summed E-state index contributed by atoms with van der Waals surface area (Å²) < 4.78 is 14.2. The van der Waals surface area contributed by atoms with E-state index in [1.807, 2.05) is 0 Å². The molecule has 1 aromatic carbocycles. The third-order valence-corrected chi connectivity index (χ3v) is 4.56. The van der Waals surface area contributed by atoms with E-state index in [9.17, 15) is 4.39 Å². The average molecular weight is 356 g/mol. The zero-order valence-electron chi connectivity index (χ0n) is 10.8. The minimum Gasteiger partial charge on any atom is -0.233 e. The minimum absolute atomic E-state index is 0.308. The molecule has 0 radical (unpaired) electrons. The van der Waals surface area contributed by atoms with Crippen molar-refractivity contribution in [1.29, 1.82) is 0 Å². The molecule has 0 unspecified atom stereocenters. The maximum Gasteiger partial charge on any atom is 0.162 e. The van der Waals surface area contributed by atoms with Crippen LogP contribution in [0.3, 0.4) is 0 Å². The fourth-order valence-corrected chi connectivity index (χ4v) is 3.22. The van der Waals surface area contributed by atoms with Crippen LogP contribution in [-0.4, -0.2) is 9.97 Å². The Bertz CT molecular complexity index is 661. The molecule has 0 atom stereocenters. The predicted octanol–water partition coefficient (Wildman–Crippen LogP) is 4.97. The SMILES string of the molecule is Fc1ccc(Br)c(-c2nc(Cl)c3c(n2)CCCCC3)c1. The van der Waals surface area contributed by atoms with Gasteiger partial charge in [-0.05, 0) is 43.9 Å². The summed E-state index contributed by atoms with van der Waals surface area (Å²) in [5.74, 6) is 0.180. The Labute approximate surface area is 130 Å². The number of fused-ring (bicyclic) bond motifs is 1. The van der Waals surface area contributed by atoms with Gasteiger partial charge < -0.3 is 0 Å². The van der Waals surface area contributed by atoms with E-state index in [0.29, 0.717) is 16.5 Å². The van der Waals surface area contributed by atoms with Gasteiger partial charge in [-0.3, -0.25) is 0 Å². The highest BCUT2D eigenvalue weighted by molar-refractivity contribution is 9.10. The van der Waals surface area contributed by atoms with Crippen LogP contribution in [0.4, 0.5) is 4.39 Å². The van der Waals surface area contributed by atoms with Crippen LogP contribution < -0.4 is 0 Å². The topological polar surface area (TPSA) is 25.8 Å². The molecular weight excluding hydrogens is 343 g/mol. The lowest BCUT2D eigenvalue weighted by atomic mass is 10.1. The molecule has 20 heavy (non-hydrogen) atoms. The Kier molecular flexibility index (Phi) is 4.03. The molecule has 0 N–H and O–H groups in total. The van der Waals surface area contributed by atoms with Crippen LogP contribution in [0, 0.1) is 5.82 Å². The first-order chi connectivity index (χ1) is 9.65. The van der Waals surface area contributed by atoms with E-state index in [2.05, 4.69) is 25.9 Å². The molecule has 3 rings (SSSR count). The first kappa shape index (κ1) is 14.0. The van der Waals surface area contributed by atoms with Crippen molar-refractivity contribution in [2.75, 3.05) is 0 Å².